The maximum atomic E-state index is 12.3. The third-order valence-electron chi connectivity index (χ3n) is 6.68. The van der Waals surface area contributed by atoms with Crippen LogP contribution >= 0.6 is 22.6 Å². The molecule has 3 aromatic rings. The Morgan fingerprint density at radius 2 is 1.92 bits per heavy atom. The van der Waals surface area contributed by atoms with Crippen LogP contribution in [0.15, 0.2) is 53.1 Å². The van der Waals surface area contributed by atoms with E-state index in [1.54, 1.807) is 19.2 Å². The molecule has 0 aliphatic heterocycles. The number of halogens is 1. The van der Waals surface area contributed by atoms with Gasteiger partial charge in [0.05, 0.1) is 12.5 Å². The Labute approximate surface area is 230 Å². The molecule has 1 unspecified atom stereocenters. The number of aromatic nitrogens is 1. The van der Waals surface area contributed by atoms with Crippen molar-refractivity contribution in [3.05, 3.63) is 69.2 Å². The molecule has 9 heteroatoms. The van der Waals surface area contributed by atoms with E-state index in [9.17, 15) is 9.59 Å². The fourth-order valence-corrected chi connectivity index (χ4v) is 5.13. The molecule has 3 N–H and O–H groups in total. The van der Waals surface area contributed by atoms with Crippen molar-refractivity contribution >= 4 is 40.2 Å². The Hall–Kier alpha value is -2.92. The predicted octanol–water partition coefficient (Wildman–Crippen LogP) is 6.03. The Bertz CT molecular complexity index is 1190. The zero-order chi connectivity index (χ0) is 26.2. The zero-order valence-electron chi connectivity index (χ0n) is 20.8. The van der Waals surface area contributed by atoms with Crippen molar-refractivity contribution in [2.24, 2.45) is 5.92 Å². The monoisotopic (exact) mass is 617 g/mol. The van der Waals surface area contributed by atoms with E-state index in [0.717, 1.165) is 44.9 Å². The van der Waals surface area contributed by atoms with Crippen LogP contribution in [0.25, 0.3) is 11.3 Å². The SMILES string of the molecule is COCc1oc(-c2ccc(I)nc2)cc1C(Nc1ccc(C(=O)NCCC(=O)O)cc1)C1CCCCC1. The molecule has 8 nitrogen and oxygen atoms in total. The molecule has 1 aromatic carbocycles. The second kappa shape index (κ2) is 13.0. The minimum Gasteiger partial charge on any atom is -0.481 e. The molecule has 1 aliphatic carbocycles. The Morgan fingerprint density at radius 3 is 2.57 bits per heavy atom. The van der Waals surface area contributed by atoms with Crippen molar-refractivity contribution in [3.8, 4) is 11.3 Å². The number of amides is 1. The molecule has 37 heavy (non-hydrogen) atoms. The third-order valence-corrected chi connectivity index (χ3v) is 7.32. The van der Waals surface area contributed by atoms with Gasteiger partial charge < -0.3 is 24.9 Å². The van der Waals surface area contributed by atoms with Crippen LogP contribution in [0.5, 0.6) is 0 Å². The third kappa shape index (κ3) is 7.32. The number of carbonyl (C=O) groups excluding carboxylic acids is 1. The summed E-state index contributed by atoms with van der Waals surface area (Å²) >= 11 is 2.19. The van der Waals surface area contributed by atoms with E-state index in [0.29, 0.717) is 18.1 Å². The average Bonchev–Trinajstić information content (AvgIpc) is 3.32. The van der Waals surface area contributed by atoms with Crippen molar-refractivity contribution in [1.82, 2.24) is 10.3 Å². The Morgan fingerprint density at radius 1 is 1.16 bits per heavy atom. The summed E-state index contributed by atoms with van der Waals surface area (Å²) in [7, 11) is 1.67. The highest BCUT2D eigenvalue weighted by Gasteiger charge is 2.29. The fourth-order valence-electron chi connectivity index (χ4n) is 4.81. The molecule has 1 amide bonds. The Kier molecular flexibility index (Phi) is 9.56. The summed E-state index contributed by atoms with van der Waals surface area (Å²) in [4.78, 5) is 27.5. The number of carbonyl (C=O) groups is 2. The smallest absolute Gasteiger partial charge is 0.305 e. The highest BCUT2D eigenvalue weighted by molar-refractivity contribution is 14.1. The number of anilines is 1. The predicted molar refractivity (Wildman–Crippen MR) is 149 cm³/mol. The van der Waals surface area contributed by atoms with E-state index in [4.69, 9.17) is 14.3 Å². The number of hydrogen-bond acceptors (Lipinski definition) is 6. The number of hydrogen-bond donors (Lipinski definition) is 3. The van der Waals surface area contributed by atoms with Crippen LogP contribution in [0.1, 0.15) is 66.2 Å². The lowest BCUT2D eigenvalue weighted by Crippen LogP contribution is -2.26. The number of benzene rings is 1. The molecule has 1 fully saturated rings. The van der Waals surface area contributed by atoms with Gasteiger partial charge >= 0.3 is 5.97 Å². The molecular weight excluding hydrogens is 585 g/mol. The Balaban J connectivity index is 1.59. The maximum Gasteiger partial charge on any atom is 0.305 e. The van der Waals surface area contributed by atoms with Gasteiger partial charge in [-0.3, -0.25) is 9.59 Å². The van der Waals surface area contributed by atoms with Gasteiger partial charge in [0.25, 0.3) is 5.91 Å². The van der Waals surface area contributed by atoms with E-state index in [1.165, 1.54) is 19.3 Å². The molecule has 0 saturated heterocycles. The molecule has 4 rings (SSSR count). The highest BCUT2D eigenvalue weighted by Crippen LogP contribution is 2.40. The van der Waals surface area contributed by atoms with Crippen LogP contribution in [0, 0.1) is 9.62 Å². The first-order valence-electron chi connectivity index (χ1n) is 12.5. The van der Waals surface area contributed by atoms with Crippen molar-refractivity contribution < 1.29 is 23.8 Å². The standard InChI is InChI=1S/C28H32IN3O5/c1-36-17-24-22(15-23(37-24)20-9-12-25(29)31-16-20)27(18-5-3-2-4-6-18)32-21-10-7-19(8-11-21)28(35)30-14-13-26(33)34/h7-12,15-16,18,27,32H,2-6,13-14,17H2,1H3,(H,30,35)(H,33,34). The number of methoxy groups -OCH3 is 1. The summed E-state index contributed by atoms with van der Waals surface area (Å²) < 4.78 is 12.7. The number of rotatable bonds is 11. The van der Waals surface area contributed by atoms with Crippen LogP contribution in [-0.4, -0.2) is 35.6 Å². The van der Waals surface area contributed by atoms with Gasteiger partial charge in [-0.1, -0.05) is 19.3 Å². The normalized spacial score (nSPS) is 14.8. The minimum absolute atomic E-state index is 0.0231. The van der Waals surface area contributed by atoms with E-state index in [2.05, 4.69) is 44.3 Å². The van der Waals surface area contributed by atoms with E-state index in [1.807, 2.05) is 30.5 Å². The number of pyridine rings is 1. The van der Waals surface area contributed by atoms with Gasteiger partial charge in [-0.05, 0) is 83.8 Å². The van der Waals surface area contributed by atoms with Crippen LogP contribution in [0.2, 0.25) is 0 Å². The van der Waals surface area contributed by atoms with Crippen LogP contribution < -0.4 is 10.6 Å². The summed E-state index contributed by atoms with van der Waals surface area (Å²) in [6.45, 7) is 0.465. The number of nitrogens with one attached hydrogen (secondary N) is 2. The lowest BCUT2D eigenvalue weighted by atomic mass is 9.81. The van der Waals surface area contributed by atoms with Crippen LogP contribution in [-0.2, 0) is 16.1 Å². The van der Waals surface area contributed by atoms with Gasteiger partial charge in [0.1, 0.15) is 21.8 Å². The lowest BCUT2D eigenvalue weighted by Gasteiger charge is -2.32. The lowest BCUT2D eigenvalue weighted by molar-refractivity contribution is -0.136. The van der Waals surface area contributed by atoms with Crippen molar-refractivity contribution in [2.45, 2.75) is 51.2 Å². The number of aliphatic carboxylic acids is 1. The molecule has 0 radical (unpaired) electrons. The quantitative estimate of drug-likeness (QED) is 0.178. The van der Waals surface area contributed by atoms with E-state index in [-0.39, 0.29) is 24.9 Å². The van der Waals surface area contributed by atoms with Crippen LogP contribution in [0.3, 0.4) is 0 Å². The summed E-state index contributed by atoms with van der Waals surface area (Å²) in [5.41, 5.74) is 3.39. The summed E-state index contributed by atoms with van der Waals surface area (Å²) in [6.07, 6.45) is 7.62. The first kappa shape index (κ1) is 27.1. The second-order valence-corrected chi connectivity index (χ2v) is 10.4. The largest absolute Gasteiger partial charge is 0.481 e. The van der Waals surface area contributed by atoms with Gasteiger partial charge in [0.2, 0.25) is 0 Å². The maximum absolute atomic E-state index is 12.3. The zero-order valence-corrected chi connectivity index (χ0v) is 23.0. The molecule has 1 saturated carbocycles. The first-order chi connectivity index (χ1) is 17.9. The highest BCUT2D eigenvalue weighted by atomic mass is 127. The minimum atomic E-state index is -0.942. The molecule has 2 heterocycles. The van der Waals surface area contributed by atoms with Gasteiger partial charge in [0.15, 0.2) is 0 Å². The summed E-state index contributed by atoms with van der Waals surface area (Å²) in [5, 5.41) is 15.1. The molecule has 0 spiro atoms. The second-order valence-electron chi connectivity index (χ2n) is 9.29. The fraction of sp³-hybridized carbons (Fsp3) is 0.393. The summed E-state index contributed by atoms with van der Waals surface area (Å²) in [5.74, 6) is 0.769. The first-order valence-corrected chi connectivity index (χ1v) is 13.6. The molecular formula is C28H32IN3O5. The summed E-state index contributed by atoms with van der Waals surface area (Å²) in [6, 6.07) is 13.4. The van der Waals surface area contributed by atoms with Crippen LogP contribution in [0.4, 0.5) is 5.69 Å². The topological polar surface area (TPSA) is 114 Å². The van der Waals surface area contributed by atoms with Gasteiger partial charge in [-0.15, -0.1) is 0 Å². The number of carboxylic acid groups (broad SMARTS) is 1. The van der Waals surface area contributed by atoms with E-state index < -0.39 is 5.97 Å². The van der Waals surface area contributed by atoms with Crippen molar-refractivity contribution in [2.75, 3.05) is 19.0 Å². The van der Waals surface area contributed by atoms with Crippen molar-refractivity contribution in [3.63, 3.8) is 0 Å². The molecule has 1 atom stereocenters. The van der Waals surface area contributed by atoms with Crippen molar-refractivity contribution in [1.29, 1.82) is 0 Å². The van der Waals surface area contributed by atoms with Gasteiger partial charge in [0, 0.05) is 42.2 Å². The number of nitrogens with zero attached hydrogens (tertiary/aromatic N) is 1. The molecule has 196 valence electrons. The molecule has 0 bridgehead atoms. The molecule has 1 aliphatic rings. The van der Waals surface area contributed by atoms with Gasteiger partial charge in [-0.2, -0.15) is 0 Å². The average molecular weight is 617 g/mol. The number of carboxylic acids is 1. The number of ether oxygens (including phenoxy) is 1. The number of furan rings is 1. The molecule has 2 aromatic heterocycles. The van der Waals surface area contributed by atoms with E-state index >= 15 is 0 Å². The van der Waals surface area contributed by atoms with Gasteiger partial charge in [-0.25, -0.2) is 4.98 Å².